The minimum atomic E-state index is -0.192. The number of benzene rings is 2. The molecule has 0 spiro atoms. The van der Waals surface area contributed by atoms with E-state index in [1.165, 1.54) is 5.56 Å². The van der Waals surface area contributed by atoms with E-state index in [1.807, 2.05) is 18.2 Å². The first kappa shape index (κ1) is 18.5. The Balaban J connectivity index is 1.70. The number of nitrogens with zero attached hydrogens (tertiary/aromatic N) is 1. The number of halogens is 1. The smallest absolute Gasteiger partial charge is 0.251 e. The van der Waals surface area contributed by atoms with Crippen LogP contribution >= 0.6 is 11.6 Å². The summed E-state index contributed by atoms with van der Waals surface area (Å²) in [6.45, 7) is 7.74. The van der Waals surface area contributed by atoms with Crippen molar-refractivity contribution in [2.45, 2.75) is 26.9 Å². The summed E-state index contributed by atoms with van der Waals surface area (Å²) in [5.41, 5.74) is 2.79. The predicted octanol–water partition coefficient (Wildman–Crippen LogP) is 3.84. The van der Waals surface area contributed by atoms with Crippen LogP contribution in [-0.2, 0) is 13.1 Å². The second-order valence-electron chi connectivity index (χ2n) is 6.10. The van der Waals surface area contributed by atoms with Gasteiger partial charge in [0, 0.05) is 18.7 Å². The van der Waals surface area contributed by atoms with Crippen LogP contribution in [0.2, 0.25) is 5.02 Å². The number of nitrogens with one attached hydrogen (secondary N) is 1. The lowest BCUT2D eigenvalue weighted by Crippen LogP contribution is -2.26. The Hall–Kier alpha value is -2.24. The molecule has 6 heteroatoms. The van der Waals surface area contributed by atoms with Crippen LogP contribution in [0.5, 0.6) is 11.5 Å². The summed E-state index contributed by atoms with van der Waals surface area (Å²) in [4.78, 5) is 14.9. The summed E-state index contributed by atoms with van der Waals surface area (Å²) in [5.74, 6) is 0.806. The number of hydrogen-bond acceptors (Lipinski definition) is 4. The van der Waals surface area contributed by atoms with Crippen molar-refractivity contribution in [3.05, 3.63) is 58.1 Å². The van der Waals surface area contributed by atoms with Crippen LogP contribution < -0.4 is 14.8 Å². The lowest BCUT2D eigenvalue weighted by atomic mass is 10.1. The first-order valence-corrected chi connectivity index (χ1v) is 9.16. The van der Waals surface area contributed by atoms with E-state index in [0.717, 1.165) is 25.2 Å². The van der Waals surface area contributed by atoms with Crippen LogP contribution in [0.3, 0.4) is 0 Å². The van der Waals surface area contributed by atoms with Crippen LogP contribution in [-0.4, -0.2) is 30.7 Å². The Morgan fingerprint density at radius 3 is 2.62 bits per heavy atom. The van der Waals surface area contributed by atoms with Crippen molar-refractivity contribution >= 4 is 17.5 Å². The highest BCUT2D eigenvalue weighted by Crippen LogP contribution is 2.39. The molecule has 1 aliphatic heterocycles. The fraction of sp³-hybridized carbons (Fsp3) is 0.350. The molecular formula is C20H23ClN2O3. The number of fused-ring (bicyclic) bond motifs is 1. The first-order valence-electron chi connectivity index (χ1n) is 8.78. The highest BCUT2D eigenvalue weighted by Gasteiger charge is 2.20. The van der Waals surface area contributed by atoms with Gasteiger partial charge in [0.05, 0.1) is 5.02 Å². The molecule has 0 atom stereocenters. The van der Waals surface area contributed by atoms with Crippen molar-refractivity contribution in [1.29, 1.82) is 0 Å². The number of rotatable bonds is 7. The van der Waals surface area contributed by atoms with Crippen molar-refractivity contribution in [3.8, 4) is 11.5 Å². The molecule has 2 aromatic carbocycles. The number of carbonyl (C=O) groups excluding carboxylic acids is 1. The Bertz CT molecular complexity index is 791. The molecule has 0 bridgehead atoms. The van der Waals surface area contributed by atoms with Gasteiger partial charge in [0.2, 0.25) is 6.79 Å². The van der Waals surface area contributed by atoms with Crippen molar-refractivity contribution < 1.29 is 14.3 Å². The molecule has 0 radical (unpaired) electrons. The van der Waals surface area contributed by atoms with Gasteiger partial charge >= 0.3 is 0 Å². The molecule has 1 amide bonds. The topological polar surface area (TPSA) is 50.8 Å². The zero-order chi connectivity index (χ0) is 18.5. The quantitative estimate of drug-likeness (QED) is 0.800. The summed E-state index contributed by atoms with van der Waals surface area (Å²) in [6.07, 6.45) is 0. The SMILES string of the molecule is CCN(CC)Cc1ccccc1CNC(=O)c1cc(Cl)c2c(c1)OCO2. The zero-order valence-electron chi connectivity index (χ0n) is 15.0. The monoisotopic (exact) mass is 374 g/mol. The van der Waals surface area contributed by atoms with Gasteiger partial charge < -0.3 is 14.8 Å². The first-order chi connectivity index (χ1) is 12.6. The van der Waals surface area contributed by atoms with Crippen LogP contribution in [0.4, 0.5) is 0 Å². The minimum Gasteiger partial charge on any atom is -0.454 e. The van der Waals surface area contributed by atoms with Crippen LogP contribution in [0, 0.1) is 0 Å². The van der Waals surface area contributed by atoms with Gasteiger partial charge in [0.1, 0.15) is 0 Å². The molecule has 0 fully saturated rings. The molecule has 0 saturated carbocycles. The molecular weight excluding hydrogens is 352 g/mol. The van der Waals surface area contributed by atoms with E-state index in [4.69, 9.17) is 21.1 Å². The Morgan fingerprint density at radius 1 is 1.15 bits per heavy atom. The van der Waals surface area contributed by atoms with Gasteiger partial charge in [0.25, 0.3) is 5.91 Å². The molecule has 1 N–H and O–H groups in total. The van der Waals surface area contributed by atoms with Gasteiger partial charge in [-0.3, -0.25) is 9.69 Å². The fourth-order valence-corrected chi connectivity index (χ4v) is 3.21. The highest BCUT2D eigenvalue weighted by atomic mass is 35.5. The van der Waals surface area contributed by atoms with E-state index in [1.54, 1.807) is 12.1 Å². The van der Waals surface area contributed by atoms with Gasteiger partial charge in [-0.05, 0) is 36.3 Å². The largest absolute Gasteiger partial charge is 0.454 e. The molecule has 1 aliphatic rings. The summed E-state index contributed by atoms with van der Waals surface area (Å²) in [7, 11) is 0. The molecule has 5 nitrogen and oxygen atoms in total. The Morgan fingerprint density at radius 2 is 1.88 bits per heavy atom. The number of amides is 1. The van der Waals surface area contributed by atoms with Crippen LogP contribution in [0.15, 0.2) is 36.4 Å². The molecule has 0 saturated heterocycles. The Kier molecular flexibility index (Phi) is 6.01. The van der Waals surface area contributed by atoms with Crippen molar-refractivity contribution in [2.24, 2.45) is 0 Å². The third-order valence-electron chi connectivity index (χ3n) is 4.54. The second-order valence-corrected chi connectivity index (χ2v) is 6.51. The third-order valence-corrected chi connectivity index (χ3v) is 4.82. The van der Waals surface area contributed by atoms with E-state index in [9.17, 15) is 4.79 Å². The van der Waals surface area contributed by atoms with Crippen LogP contribution in [0.25, 0.3) is 0 Å². The van der Waals surface area contributed by atoms with E-state index < -0.39 is 0 Å². The maximum atomic E-state index is 12.5. The maximum Gasteiger partial charge on any atom is 0.251 e. The number of ether oxygens (including phenoxy) is 2. The van der Waals surface area contributed by atoms with E-state index in [0.29, 0.717) is 28.6 Å². The van der Waals surface area contributed by atoms with Crippen molar-refractivity contribution in [3.63, 3.8) is 0 Å². The minimum absolute atomic E-state index is 0.124. The molecule has 1 heterocycles. The predicted molar refractivity (Wildman–Crippen MR) is 102 cm³/mol. The van der Waals surface area contributed by atoms with Crippen molar-refractivity contribution in [1.82, 2.24) is 10.2 Å². The van der Waals surface area contributed by atoms with E-state index in [2.05, 4.69) is 30.1 Å². The van der Waals surface area contributed by atoms with Gasteiger partial charge in [0.15, 0.2) is 11.5 Å². The molecule has 26 heavy (non-hydrogen) atoms. The molecule has 2 aromatic rings. The average molecular weight is 375 g/mol. The average Bonchev–Trinajstić information content (AvgIpc) is 3.14. The standard InChI is InChI=1S/C20H23ClN2O3/c1-3-23(4-2)12-15-8-6-5-7-14(15)11-22-20(24)16-9-17(21)19-18(10-16)25-13-26-19/h5-10H,3-4,11-13H2,1-2H3,(H,22,24). The van der Waals surface area contributed by atoms with Gasteiger partial charge in [-0.2, -0.15) is 0 Å². The summed E-state index contributed by atoms with van der Waals surface area (Å²) < 4.78 is 10.6. The van der Waals surface area contributed by atoms with Crippen LogP contribution in [0.1, 0.15) is 35.3 Å². The zero-order valence-corrected chi connectivity index (χ0v) is 15.8. The molecule has 138 valence electrons. The summed E-state index contributed by atoms with van der Waals surface area (Å²) in [6, 6.07) is 11.4. The lowest BCUT2D eigenvalue weighted by molar-refractivity contribution is 0.0950. The molecule has 3 rings (SSSR count). The lowest BCUT2D eigenvalue weighted by Gasteiger charge is -2.20. The summed E-state index contributed by atoms with van der Waals surface area (Å²) in [5, 5.41) is 3.35. The number of carbonyl (C=O) groups is 1. The van der Waals surface area contributed by atoms with Gasteiger partial charge in [-0.25, -0.2) is 0 Å². The molecule has 0 unspecified atom stereocenters. The Labute approximate surface area is 158 Å². The van der Waals surface area contributed by atoms with E-state index >= 15 is 0 Å². The number of hydrogen-bond donors (Lipinski definition) is 1. The highest BCUT2D eigenvalue weighted by molar-refractivity contribution is 6.32. The van der Waals surface area contributed by atoms with E-state index in [-0.39, 0.29) is 12.7 Å². The normalized spacial score (nSPS) is 12.5. The molecule has 0 aliphatic carbocycles. The fourth-order valence-electron chi connectivity index (χ4n) is 2.95. The third kappa shape index (κ3) is 4.11. The summed E-state index contributed by atoms with van der Waals surface area (Å²) >= 11 is 6.16. The maximum absolute atomic E-state index is 12.5. The second kappa shape index (κ2) is 8.43. The molecule has 0 aromatic heterocycles. The van der Waals surface area contributed by atoms with Gasteiger partial charge in [-0.15, -0.1) is 0 Å². The van der Waals surface area contributed by atoms with Crippen molar-refractivity contribution in [2.75, 3.05) is 19.9 Å². The van der Waals surface area contributed by atoms with Gasteiger partial charge in [-0.1, -0.05) is 49.7 Å².